The van der Waals surface area contributed by atoms with Gasteiger partial charge in [0.1, 0.15) is 4.90 Å². The van der Waals surface area contributed by atoms with Crippen LogP contribution in [-0.2, 0) is 10.1 Å². The van der Waals surface area contributed by atoms with Gasteiger partial charge < -0.3 is 11.5 Å². The fourth-order valence-electron chi connectivity index (χ4n) is 0.802. The third-order valence-corrected chi connectivity index (χ3v) is 2.24. The van der Waals surface area contributed by atoms with Crippen LogP contribution in [0.4, 0.5) is 11.4 Å². The summed E-state index contributed by atoms with van der Waals surface area (Å²) >= 11 is 0. The molecule has 0 aromatic heterocycles. The van der Waals surface area contributed by atoms with Crippen molar-refractivity contribution in [1.29, 1.82) is 0 Å². The van der Waals surface area contributed by atoms with Crippen molar-refractivity contribution in [1.82, 2.24) is 0 Å². The fraction of sp³-hybridized carbons (Fsp3) is 0. The van der Waals surface area contributed by atoms with Crippen LogP contribution in [0.3, 0.4) is 0 Å². The first-order valence-electron chi connectivity index (χ1n) is 3.04. The quantitative estimate of drug-likeness (QED) is 0.322. The molecule has 0 aliphatic heterocycles. The van der Waals surface area contributed by atoms with E-state index in [0.717, 1.165) is 6.07 Å². The molecule has 0 radical (unpaired) electrons. The number of nitrogens with two attached hydrogens (primary N) is 2. The van der Waals surface area contributed by atoms with E-state index in [4.69, 9.17) is 16.0 Å². The van der Waals surface area contributed by atoms with E-state index in [1.54, 1.807) is 0 Å². The molecule has 8 heteroatoms. The summed E-state index contributed by atoms with van der Waals surface area (Å²) < 4.78 is 29.8. The van der Waals surface area contributed by atoms with E-state index in [-0.39, 0.29) is 69.7 Å². The van der Waals surface area contributed by atoms with E-state index < -0.39 is 10.1 Å². The summed E-state index contributed by atoms with van der Waals surface area (Å²) in [7, 11) is -4.23. The van der Waals surface area contributed by atoms with Crippen molar-refractivity contribution in [2.45, 2.75) is 4.90 Å². The molecule has 0 saturated heterocycles. The van der Waals surface area contributed by atoms with Gasteiger partial charge in [0.15, 0.2) is 0 Å². The molecular weight excluding hydrogens is 226 g/mol. The van der Waals surface area contributed by atoms with E-state index in [0.29, 0.717) is 5.69 Å². The standard InChI is InChI=1S/C6H8N2O3S.2Na.2H/c7-4-1-2-6(5(8)3-4)12(9,10)11;;;;/h1-3H,7-8H2,(H,9,10,11);;;;. The van der Waals surface area contributed by atoms with Gasteiger partial charge in [-0.05, 0) is 18.2 Å². The van der Waals surface area contributed by atoms with Gasteiger partial charge in [0.2, 0.25) is 0 Å². The molecule has 14 heavy (non-hydrogen) atoms. The molecule has 5 nitrogen and oxygen atoms in total. The Kier molecular flexibility index (Phi) is 7.76. The second kappa shape index (κ2) is 6.34. The van der Waals surface area contributed by atoms with Gasteiger partial charge in [-0.1, -0.05) is 0 Å². The van der Waals surface area contributed by atoms with Crippen molar-refractivity contribution in [3.8, 4) is 0 Å². The van der Waals surface area contributed by atoms with E-state index in [1.165, 1.54) is 12.1 Å². The summed E-state index contributed by atoms with van der Waals surface area (Å²) in [6.45, 7) is 0. The number of hydrogen-bond acceptors (Lipinski definition) is 4. The maximum absolute atomic E-state index is 10.6. The molecule has 0 amide bonds. The van der Waals surface area contributed by atoms with Gasteiger partial charge in [-0.3, -0.25) is 4.55 Å². The van der Waals surface area contributed by atoms with Gasteiger partial charge in [0.25, 0.3) is 10.1 Å². The van der Waals surface area contributed by atoms with Crippen LogP contribution in [0.1, 0.15) is 0 Å². The van der Waals surface area contributed by atoms with Gasteiger partial charge in [-0.25, -0.2) is 0 Å². The Morgan fingerprint density at radius 1 is 1.14 bits per heavy atom. The number of rotatable bonds is 1. The van der Waals surface area contributed by atoms with Crippen LogP contribution in [0, 0.1) is 0 Å². The van der Waals surface area contributed by atoms with Crippen molar-refractivity contribution in [3.05, 3.63) is 18.2 Å². The zero-order chi connectivity index (χ0) is 9.35. The first-order chi connectivity index (χ1) is 5.41. The Morgan fingerprint density at radius 2 is 1.64 bits per heavy atom. The molecule has 5 N–H and O–H groups in total. The van der Waals surface area contributed by atoms with E-state index in [9.17, 15) is 8.42 Å². The summed E-state index contributed by atoms with van der Waals surface area (Å²) in [5, 5.41) is 0. The second-order valence-electron chi connectivity index (χ2n) is 2.27. The summed E-state index contributed by atoms with van der Waals surface area (Å²) in [4.78, 5) is -0.322. The van der Waals surface area contributed by atoms with E-state index >= 15 is 0 Å². The Balaban J connectivity index is 0. The summed E-state index contributed by atoms with van der Waals surface area (Å²) in [5.74, 6) is 0. The second-order valence-corrected chi connectivity index (χ2v) is 3.66. The van der Waals surface area contributed by atoms with Crippen LogP contribution in [0.2, 0.25) is 0 Å². The van der Waals surface area contributed by atoms with Crippen molar-refractivity contribution < 1.29 is 13.0 Å². The van der Waals surface area contributed by atoms with Crippen LogP contribution >= 0.6 is 0 Å². The predicted octanol–water partition coefficient (Wildman–Crippen LogP) is -1.20. The first kappa shape index (κ1) is 17.1. The molecule has 0 spiro atoms. The monoisotopic (exact) mass is 236 g/mol. The fourth-order valence-corrected chi connectivity index (χ4v) is 1.40. The Labute approximate surface area is 127 Å². The molecule has 70 valence electrons. The van der Waals surface area contributed by atoms with Gasteiger partial charge in [0, 0.05) is 5.69 Å². The van der Waals surface area contributed by atoms with Crippen molar-refractivity contribution in [3.63, 3.8) is 0 Å². The Morgan fingerprint density at radius 3 is 2.00 bits per heavy atom. The van der Waals surface area contributed by atoms with Gasteiger partial charge in [0.05, 0.1) is 5.69 Å². The minimum atomic E-state index is -4.23. The molecule has 1 rings (SSSR count). The third kappa shape index (κ3) is 4.50. The summed E-state index contributed by atoms with van der Waals surface area (Å²) in [6.07, 6.45) is 0. The molecule has 0 aliphatic carbocycles. The SMILES string of the molecule is Nc1ccc(S(=O)(=O)O)c(N)c1.[NaH].[NaH]. The van der Waals surface area contributed by atoms with Crippen LogP contribution in [0.5, 0.6) is 0 Å². The van der Waals surface area contributed by atoms with Crippen LogP contribution in [0.15, 0.2) is 23.1 Å². The predicted molar refractivity (Wildman–Crippen MR) is 59.4 cm³/mol. The van der Waals surface area contributed by atoms with Crippen molar-refractivity contribution in [2.75, 3.05) is 11.5 Å². The molecule has 0 atom stereocenters. The normalized spacial score (nSPS) is 9.79. The molecule has 0 aliphatic rings. The van der Waals surface area contributed by atoms with Crippen molar-refractivity contribution in [2.24, 2.45) is 0 Å². The molecule has 0 bridgehead atoms. The van der Waals surface area contributed by atoms with Gasteiger partial charge in [-0.2, -0.15) is 8.42 Å². The van der Waals surface area contributed by atoms with Crippen LogP contribution < -0.4 is 11.5 Å². The molecular formula is C6H10N2Na2O3S. The zero-order valence-electron chi connectivity index (χ0n) is 6.06. The molecule has 0 fully saturated rings. The van der Waals surface area contributed by atoms with Crippen LogP contribution in [0.25, 0.3) is 0 Å². The van der Waals surface area contributed by atoms with Gasteiger partial charge >= 0.3 is 59.1 Å². The molecule has 1 aromatic rings. The van der Waals surface area contributed by atoms with Crippen LogP contribution in [-0.4, -0.2) is 72.1 Å². The molecule has 1 aromatic carbocycles. The number of benzene rings is 1. The third-order valence-electron chi connectivity index (χ3n) is 1.31. The minimum absolute atomic E-state index is 0. The first-order valence-corrected chi connectivity index (χ1v) is 4.48. The number of nitrogen functional groups attached to an aromatic ring is 2. The summed E-state index contributed by atoms with van der Waals surface area (Å²) in [6, 6.07) is 3.77. The number of hydrogen-bond donors (Lipinski definition) is 3. The van der Waals surface area contributed by atoms with Gasteiger partial charge in [-0.15, -0.1) is 0 Å². The Bertz CT molecular complexity index is 408. The zero-order valence-corrected chi connectivity index (χ0v) is 6.88. The number of anilines is 2. The average Bonchev–Trinajstić information content (AvgIpc) is 1.83. The molecule has 0 heterocycles. The average molecular weight is 236 g/mol. The summed E-state index contributed by atoms with van der Waals surface area (Å²) in [5.41, 5.74) is 10.9. The van der Waals surface area contributed by atoms with E-state index in [1.807, 2.05) is 0 Å². The topological polar surface area (TPSA) is 106 Å². The molecule has 0 saturated carbocycles. The molecule has 0 unspecified atom stereocenters. The van der Waals surface area contributed by atoms with Crippen molar-refractivity contribution >= 4 is 80.6 Å². The Hall–Kier alpha value is 0.730. The van der Waals surface area contributed by atoms with E-state index in [2.05, 4.69) is 0 Å². The maximum atomic E-state index is 10.6.